The first-order chi connectivity index (χ1) is 9.66. The van der Waals surface area contributed by atoms with Gasteiger partial charge < -0.3 is 0 Å². The van der Waals surface area contributed by atoms with Gasteiger partial charge in [0.25, 0.3) is 0 Å². The lowest BCUT2D eigenvalue weighted by Gasteiger charge is -2.04. The number of aromatic nitrogens is 4. The summed E-state index contributed by atoms with van der Waals surface area (Å²) >= 11 is 13.6. The Kier molecular flexibility index (Phi) is 3.60. The summed E-state index contributed by atoms with van der Waals surface area (Å²) in [5, 5.41) is 11.3. The maximum absolute atomic E-state index is 12.2. The van der Waals surface area contributed by atoms with Crippen molar-refractivity contribution >= 4 is 34.5 Å². The summed E-state index contributed by atoms with van der Waals surface area (Å²) in [4.78, 5) is 12.2. The summed E-state index contributed by atoms with van der Waals surface area (Å²) in [6.45, 7) is 0.183. The predicted octanol–water partition coefficient (Wildman–Crippen LogP) is 2.85. The Bertz CT molecular complexity index is 774. The van der Waals surface area contributed by atoms with Gasteiger partial charge in [-0.3, -0.25) is 0 Å². The van der Waals surface area contributed by atoms with Crippen LogP contribution >= 0.6 is 34.5 Å². The summed E-state index contributed by atoms with van der Waals surface area (Å²) in [7, 11) is 0. The van der Waals surface area contributed by atoms with Crippen molar-refractivity contribution in [3.05, 3.63) is 61.8 Å². The zero-order chi connectivity index (χ0) is 14.1. The molecule has 5 nitrogen and oxygen atoms in total. The van der Waals surface area contributed by atoms with Crippen molar-refractivity contribution in [3.8, 4) is 5.00 Å². The van der Waals surface area contributed by atoms with E-state index in [0.717, 1.165) is 0 Å². The van der Waals surface area contributed by atoms with E-state index in [1.165, 1.54) is 20.7 Å². The van der Waals surface area contributed by atoms with E-state index in [0.29, 0.717) is 20.6 Å². The average molecular weight is 327 g/mol. The highest BCUT2D eigenvalue weighted by Crippen LogP contribution is 2.24. The minimum atomic E-state index is -0.330. The maximum atomic E-state index is 12.2. The number of thiophene rings is 1. The highest BCUT2D eigenvalue weighted by Gasteiger charge is 2.13. The largest absolute Gasteiger partial charge is 0.369 e. The monoisotopic (exact) mass is 326 g/mol. The number of rotatable bonds is 3. The first-order valence-electron chi connectivity index (χ1n) is 5.66. The van der Waals surface area contributed by atoms with Gasteiger partial charge in [0.2, 0.25) is 0 Å². The van der Waals surface area contributed by atoms with Crippen LogP contribution in [0, 0.1) is 0 Å². The molecule has 0 atom stereocenters. The molecule has 0 amide bonds. The molecule has 0 bridgehead atoms. The Labute approximate surface area is 128 Å². The van der Waals surface area contributed by atoms with Crippen LogP contribution in [0.25, 0.3) is 5.00 Å². The molecule has 0 saturated heterocycles. The van der Waals surface area contributed by atoms with Crippen molar-refractivity contribution in [1.82, 2.24) is 19.8 Å². The van der Waals surface area contributed by atoms with E-state index in [-0.39, 0.29) is 12.2 Å². The highest BCUT2D eigenvalue weighted by molar-refractivity contribution is 7.12. The predicted molar refractivity (Wildman–Crippen MR) is 79.1 cm³/mol. The van der Waals surface area contributed by atoms with E-state index < -0.39 is 0 Å². The van der Waals surface area contributed by atoms with Crippen LogP contribution in [0.4, 0.5) is 0 Å². The van der Waals surface area contributed by atoms with Crippen molar-refractivity contribution in [2.24, 2.45) is 0 Å². The van der Waals surface area contributed by atoms with Crippen molar-refractivity contribution < 1.29 is 0 Å². The van der Waals surface area contributed by atoms with Crippen LogP contribution in [0.2, 0.25) is 10.0 Å². The van der Waals surface area contributed by atoms with Gasteiger partial charge in [-0.1, -0.05) is 29.3 Å². The van der Waals surface area contributed by atoms with E-state index in [9.17, 15) is 4.79 Å². The molecule has 0 aliphatic rings. The third-order valence-electron chi connectivity index (χ3n) is 2.72. The Morgan fingerprint density at radius 2 is 1.85 bits per heavy atom. The van der Waals surface area contributed by atoms with Crippen LogP contribution in [0.1, 0.15) is 5.56 Å². The normalized spacial score (nSPS) is 10.9. The van der Waals surface area contributed by atoms with Gasteiger partial charge in [-0.2, -0.15) is 9.36 Å². The lowest BCUT2D eigenvalue weighted by molar-refractivity contribution is 0.632. The molecule has 0 N–H and O–H groups in total. The van der Waals surface area contributed by atoms with Gasteiger partial charge in [0.15, 0.2) is 0 Å². The molecule has 0 aliphatic heterocycles. The minimum absolute atomic E-state index is 0.183. The van der Waals surface area contributed by atoms with E-state index in [4.69, 9.17) is 23.2 Å². The Morgan fingerprint density at radius 3 is 2.50 bits per heavy atom. The average Bonchev–Trinajstić information content (AvgIpc) is 3.04. The molecule has 20 heavy (non-hydrogen) atoms. The molecule has 0 aliphatic carbocycles. The Balaban J connectivity index is 1.99. The SMILES string of the molecule is O=c1n(Cc2c(Cl)cccc2Cl)nnn1-c1cccs1. The lowest BCUT2D eigenvalue weighted by atomic mass is 10.2. The lowest BCUT2D eigenvalue weighted by Crippen LogP contribution is -2.24. The molecular formula is C12H8Cl2N4OS. The molecular weight excluding hydrogens is 319 g/mol. The summed E-state index contributed by atoms with van der Waals surface area (Å²) in [6.07, 6.45) is 0. The van der Waals surface area contributed by atoms with Gasteiger partial charge in [0, 0.05) is 15.6 Å². The maximum Gasteiger partial charge on any atom is 0.369 e. The molecule has 2 aromatic heterocycles. The fourth-order valence-electron chi connectivity index (χ4n) is 1.74. The van der Waals surface area contributed by atoms with Gasteiger partial charge >= 0.3 is 5.69 Å². The van der Waals surface area contributed by atoms with E-state index in [1.807, 2.05) is 11.4 Å². The van der Waals surface area contributed by atoms with Gasteiger partial charge in [-0.05, 0) is 40.1 Å². The van der Waals surface area contributed by atoms with E-state index in [2.05, 4.69) is 10.4 Å². The molecule has 0 fully saturated rings. The number of halogens is 2. The van der Waals surface area contributed by atoms with Gasteiger partial charge in [-0.25, -0.2) is 4.79 Å². The fourth-order valence-corrected chi connectivity index (χ4v) is 2.92. The van der Waals surface area contributed by atoms with E-state index >= 15 is 0 Å². The van der Waals surface area contributed by atoms with E-state index in [1.54, 1.807) is 24.3 Å². The summed E-state index contributed by atoms with van der Waals surface area (Å²) < 4.78 is 2.47. The molecule has 0 radical (unpaired) electrons. The van der Waals surface area contributed by atoms with Crippen LogP contribution in [-0.2, 0) is 6.54 Å². The number of nitrogens with zero attached hydrogens (tertiary/aromatic N) is 4. The second-order valence-electron chi connectivity index (χ2n) is 3.98. The summed E-state index contributed by atoms with van der Waals surface area (Å²) in [6, 6.07) is 8.83. The van der Waals surface area contributed by atoms with Gasteiger partial charge in [-0.15, -0.1) is 11.3 Å². The Morgan fingerprint density at radius 1 is 1.10 bits per heavy atom. The first kappa shape index (κ1) is 13.4. The Hall–Kier alpha value is -1.63. The summed E-state index contributed by atoms with van der Waals surface area (Å²) in [5.74, 6) is 0. The second-order valence-corrected chi connectivity index (χ2v) is 5.72. The molecule has 8 heteroatoms. The number of hydrogen-bond donors (Lipinski definition) is 0. The molecule has 3 aromatic rings. The molecule has 3 rings (SSSR count). The standard InChI is InChI=1S/C12H8Cl2N4OS/c13-9-3-1-4-10(14)8(9)7-17-12(19)18(16-15-17)11-5-2-6-20-11/h1-6H,7H2. The topological polar surface area (TPSA) is 52.7 Å². The van der Waals surface area contributed by atoms with Crippen molar-refractivity contribution in [1.29, 1.82) is 0 Å². The third kappa shape index (κ3) is 2.37. The summed E-state index contributed by atoms with van der Waals surface area (Å²) in [5.41, 5.74) is 0.319. The van der Waals surface area contributed by atoms with Crippen molar-refractivity contribution in [2.45, 2.75) is 6.54 Å². The quantitative estimate of drug-likeness (QED) is 0.743. The second kappa shape index (κ2) is 5.40. The number of benzene rings is 1. The minimum Gasteiger partial charge on any atom is -0.244 e. The molecule has 1 aromatic carbocycles. The van der Waals surface area contributed by atoms with Crippen LogP contribution in [0.15, 0.2) is 40.5 Å². The first-order valence-corrected chi connectivity index (χ1v) is 7.30. The van der Waals surface area contributed by atoms with Crippen molar-refractivity contribution in [3.63, 3.8) is 0 Å². The fraction of sp³-hybridized carbons (Fsp3) is 0.0833. The molecule has 2 heterocycles. The van der Waals surface area contributed by atoms with Gasteiger partial charge in [0.05, 0.1) is 6.54 Å². The molecule has 0 spiro atoms. The van der Waals surface area contributed by atoms with Gasteiger partial charge in [0.1, 0.15) is 5.00 Å². The van der Waals surface area contributed by atoms with Crippen LogP contribution in [-0.4, -0.2) is 19.8 Å². The highest BCUT2D eigenvalue weighted by atomic mass is 35.5. The molecule has 0 unspecified atom stereocenters. The smallest absolute Gasteiger partial charge is 0.244 e. The van der Waals surface area contributed by atoms with Crippen LogP contribution in [0.5, 0.6) is 0 Å². The van der Waals surface area contributed by atoms with Crippen LogP contribution < -0.4 is 5.69 Å². The third-order valence-corrected chi connectivity index (χ3v) is 4.28. The number of hydrogen-bond acceptors (Lipinski definition) is 4. The zero-order valence-electron chi connectivity index (χ0n) is 10.0. The van der Waals surface area contributed by atoms with Crippen LogP contribution in [0.3, 0.4) is 0 Å². The zero-order valence-corrected chi connectivity index (χ0v) is 12.4. The van der Waals surface area contributed by atoms with Crippen molar-refractivity contribution in [2.75, 3.05) is 0 Å². The molecule has 0 saturated carbocycles. The number of tetrazole rings is 1. The molecule has 102 valence electrons.